The van der Waals surface area contributed by atoms with Crippen molar-refractivity contribution in [2.24, 2.45) is 0 Å². The van der Waals surface area contributed by atoms with Gasteiger partial charge in [-0.05, 0) is 29.8 Å². The van der Waals surface area contributed by atoms with E-state index in [2.05, 4.69) is 10.4 Å². The number of aromatic nitrogens is 2. The Kier molecular flexibility index (Phi) is 8.62. The molecular weight excluding hydrogens is 436 g/mol. The molecular formula is C23H23F2N3O5. The number of ether oxygens (including phenoxy) is 3. The van der Waals surface area contributed by atoms with Crippen molar-refractivity contribution in [3.8, 4) is 5.69 Å². The zero-order chi connectivity index (χ0) is 23.6. The maximum absolute atomic E-state index is 13.5. The summed E-state index contributed by atoms with van der Waals surface area (Å²) in [4.78, 5) is 24.2. The van der Waals surface area contributed by atoms with Crippen molar-refractivity contribution < 1.29 is 27.8 Å². The smallest absolute Gasteiger partial charge is 0.411 e. The minimum atomic E-state index is -0.751. The Morgan fingerprint density at radius 3 is 2.55 bits per heavy atom. The highest BCUT2D eigenvalue weighted by atomic mass is 19.1. The number of carbonyl (C=O) groups excluding carboxylic acids is 1. The van der Waals surface area contributed by atoms with Gasteiger partial charge in [0.15, 0.2) is 0 Å². The molecule has 0 fully saturated rings. The van der Waals surface area contributed by atoms with E-state index in [9.17, 15) is 18.4 Å². The molecule has 1 amide bonds. The zero-order valence-electron chi connectivity index (χ0n) is 17.9. The van der Waals surface area contributed by atoms with Crippen molar-refractivity contribution >= 4 is 11.8 Å². The number of hydrogen-bond donors (Lipinski definition) is 1. The van der Waals surface area contributed by atoms with E-state index >= 15 is 0 Å². The van der Waals surface area contributed by atoms with Crippen LogP contribution in [0.1, 0.15) is 11.3 Å². The first-order valence-electron chi connectivity index (χ1n) is 10.1. The van der Waals surface area contributed by atoms with Gasteiger partial charge in [-0.3, -0.25) is 10.1 Å². The molecule has 1 N–H and O–H groups in total. The van der Waals surface area contributed by atoms with Crippen molar-refractivity contribution in [3.63, 3.8) is 0 Å². The average Bonchev–Trinajstić information content (AvgIpc) is 2.77. The van der Waals surface area contributed by atoms with Gasteiger partial charge in [0.1, 0.15) is 23.9 Å². The van der Waals surface area contributed by atoms with E-state index in [-0.39, 0.29) is 36.4 Å². The van der Waals surface area contributed by atoms with Crippen LogP contribution in [0.15, 0.2) is 59.5 Å². The van der Waals surface area contributed by atoms with Crippen molar-refractivity contribution in [1.29, 1.82) is 0 Å². The average molecular weight is 459 g/mol. The molecule has 0 saturated heterocycles. The van der Waals surface area contributed by atoms with Crippen LogP contribution in [-0.2, 0) is 20.6 Å². The summed E-state index contributed by atoms with van der Waals surface area (Å²) in [5.41, 5.74) is 1.17. The summed E-state index contributed by atoms with van der Waals surface area (Å²) in [5, 5.41) is 6.82. The van der Waals surface area contributed by atoms with Crippen LogP contribution in [0.5, 0.6) is 0 Å². The van der Waals surface area contributed by atoms with Crippen LogP contribution in [-0.4, -0.2) is 49.4 Å². The van der Waals surface area contributed by atoms with Crippen LogP contribution < -0.4 is 10.7 Å². The molecule has 0 bridgehead atoms. The summed E-state index contributed by atoms with van der Waals surface area (Å²) in [6.07, 6.45) is 0.846. The zero-order valence-corrected chi connectivity index (χ0v) is 17.9. The molecule has 33 heavy (non-hydrogen) atoms. The molecule has 10 heteroatoms. The molecule has 0 saturated carbocycles. The van der Waals surface area contributed by atoms with Gasteiger partial charge in [0, 0.05) is 37.5 Å². The number of anilines is 1. The molecule has 3 rings (SSSR count). The Bertz CT molecular complexity index is 1130. The summed E-state index contributed by atoms with van der Waals surface area (Å²) < 4.78 is 43.4. The third-order valence-electron chi connectivity index (χ3n) is 4.43. The molecule has 0 atom stereocenters. The fraction of sp³-hybridized carbons (Fsp3) is 0.261. The monoisotopic (exact) mass is 459 g/mol. The molecule has 0 aliphatic rings. The predicted molar refractivity (Wildman–Crippen MR) is 117 cm³/mol. The van der Waals surface area contributed by atoms with E-state index in [4.69, 9.17) is 14.2 Å². The van der Waals surface area contributed by atoms with Gasteiger partial charge in [-0.25, -0.2) is 18.3 Å². The molecule has 174 valence electrons. The summed E-state index contributed by atoms with van der Waals surface area (Å²) in [5.74, 6) is -1.50. The maximum Gasteiger partial charge on any atom is 0.411 e. The van der Waals surface area contributed by atoms with E-state index in [0.717, 1.165) is 18.2 Å². The molecule has 2 aromatic carbocycles. The molecule has 0 spiro atoms. The van der Waals surface area contributed by atoms with Gasteiger partial charge >= 0.3 is 6.09 Å². The molecule has 3 aromatic rings. The molecule has 0 aliphatic carbocycles. The first-order chi connectivity index (χ1) is 15.9. The van der Waals surface area contributed by atoms with Crippen molar-refractivity contribution in [1.82, 2.24) is 9.78 Å². The quantitative estimate of drug-likeness (QED) is 0.468. The number of halogens is 2. The molecule has 0 radical (unpaired) electrons. The Labute approximate surface area is 188 Å². The SMILES string of the molecule is COCCOCCOC(=O)Nc1cccc(Cc2nn(-c3cc(F)cc(F)c3)ccc2=O)c1. The van der Waals surface area contributed by atoms with Gasteiger partial charge in [0.25, 0.3) is 0 Å². The van der Waals surface area contributed by atoms with Gasteiger partial charge in [0.2, 0.25) is 5.43 Å². The lowest BCUT2D eigenvalue weighted by molar-refractivity contribution is 0.0447. The summed E-state index contributed by atoms with van der Waals surface area (Å²) in [7, 11) is 1.57. The second kappa shape index (κ2) is 11.8. The highest BCUT2D eigenvalue weighted by molar-refractivity contribution is 5.84. The predicted octanol–water partition coefficient (Wildman–Crippen LogP) is 3.31. The standard InChI is InChI=1S/C23H23F2N3O5/c1-31-7-8-32-9-10-33-23(30)26-19-4-2-3-16(11-19)12-21-22(29)5-6-28(27-21)20-14-17(24)13-18(25)15-20/h2-6,11,13-15H,7-10,12H2,1H3,(H,26,30). The number of amides is 1. The molecule has 1 heterocycles. The Balaban J connectivity index is 1.64. The van der Waals surface area contributed by atoms with Crippen LogP contribution in [0.25, 0.3) is 5.69 Å². The number of nitrogens with zero attached hydrogens (tertiary/aromatic N) is 2. The van der Waals surface area contributed by atoms with Crippen LogP contribution >= 0.6 is 0 Å². The van der Waals surface area contributed by atoms with Gasteiger partial charge in [0.05, 0.1) is 25.5 Å². The highest BCUT2D eigenvalue weighted by Crippen LogP contribution is 2.15. The van der Waals surface area contributed by atoms with Gasteiger partial charge < -0.3 is 14.2 Å². The van der Waals surface area contributed by atoms with Crippen molar-refractivity contribution in [2.75, 3.05) is 38.9 Å². The van der Waals surface area contributed by atoms with Gasteiger partial charge in [-0.2, -0.15) is 5.10 Å². The topological polar surface area (TPSA) is 91.7 Å². The number of hydrogen-bond acceptors (Lipinski definition) is 6. The molecule has 1 aromatic heterocycles. The number of benzene rings is 2. The number of rotatable bonds is 10. The first kappa shape index (κ1) is 24.0. The minimum Gasteiger partial charge on any atom is -0.447 e. The lowest BCUT2D eigenvalue weighted by Crippen LogP contribution is -2.18. The maximum atomic E-state index is 13.5. The van der Waals surface area contributed by atoms with E-state index in [1.165, 1.54) is 16.9 Å². The highest BCUT2D eigenvalue weighted by Gasteiger charge is 2.09. The van der Waals surface area contributed by atoms with E-state index in [1.54, 1.807) is 31.4 Å². The Morgan fingerprint density at radius 2 is 1.79 bits per heavy atom. The summed E-state index contributed by atoms with van der Waals surface area (Å²) >= 11 is 0. The van der Waals surface area contributed by atoms with Crippen LogP contribution in [0, 0.1) is 11.6 Å². The minimum absolute atomic E-state index is 0.0867. The second-order valence-electron chi connectivity index (χ2n) is 6.94. The number of methoxy groups -OCH3 is 1. The van der Waals surface area contributed by atoms with Crippen molar-refractivity contribution in [3.05, 3.63) is 87.8 Å². The number of nitrogens with one attached hydrogen (secondary N) is 1. The van der Waals surface area contributed by atoms with E-state index in [1.807, 2.05) is 0 Å². The van der Waals surface area contributed by atoms with E-state index < -0.39 is 17.7 Å². The van der Waals surface area contributed by atoms with Gasteiger partial charge in [-0.1, -0.05) is 12.1 Å². The third-order valence-corrected chi connectivity index (χ3v) is 4.43. The summed E-state index contributed by atoms with van der Waals surface area (Å²) in [6, 6.07) is 11.1. The van der Waals surface area contributed by atoms with Crippen LogP contribution in [0.3, 0.4) is 0 Å². The lowest BCUT2D eigenvalue weighted by atomic mass is 10.1. The summed E-state index contributed by atoms with van der Waals surface area (Å²) in [6.45, 7) is 1.20. The molecule has 0 unspecified atom stereocenters. The second-order valence-corrected chi connectivity index (χ2v) is 6.94. The Morgan fingerprint density at radius 1 is 1.03 bits per heavy atom. The fourth-order valence-corrected chi connectivity index (χ4v) is 2.93. The fourth-order valence-electron chi connectivity index (χ4n) is 2.93. The third kappa shape index (κ3) is 7.48. The largest absolute Gasteiger partial charge is 0.447 e. The normalized spacial score (nSPS) is 10.8. The Hall–Kier alpha value is -3.63. The van der Waals surface area contributed by atoms with E-state index in [0.29, 0.717) is 24.5 Å². The first-order valence-corrected chi connectivity index (χ1v) is 10.1. The van der Waals surface area contributed by atoms with Crippen molar-refractivity contribution in [2.45, 2.75) is 6.42 Å². The van der Waals surface area contributed by atoms with Crippen LogP contribution in [0.4, 0.5) is 19.3 Å². The lowest BCUT2D eigenvalue weighted by Gasteiger charge is -2.10. The van der Waals surface area contributed by atoms with Crippen LogP contribution in [0.2, 0.25) is 0 Å². The molecule has 8 nitrogen and oxygen atoms in total. The molecule has 0 aliphatic heterocycles. The van der Waals surface area contributed by atoms with Gasteiger partial charge in [-0.15, -0.1) is 0 Å². The number of carbonyl (C=O) groups is 1.